The van der Waals surface area contributed by atoms with Crippen molar-refractivity contribution in [1.82, 2.24) is 5.32 Å². The maximum Gasteiger partial charge on any atom is 0.251 e. The van der Waals surface area contributed by atoms with Crippen molar-refractivity contribution >= 4 is 35.2 Å². The molecule has 0 spiro atoms. The van der Waals surface area contributed by atoms with Crippen LogP contribution in [-0.4, -0.2) is 36.4 Å². The number of amides is 2. The molecule has 6 nitrogen and oxygen atoms in total. The highest BCUT2D eigenvalue weighted by Gasteiger charge is 2.25. The lowest BCUT2D eigenvalue weighted by Gasteiger charge is -2.33. The minimum atomic E-state index is -0.730. The average Bonchev–Trinajstić information content (AvgIpc) is 2.85. The summed E-state index contributed by atoms with van der Waals surface area (Å²) in [5, 5.41) is 5.97. The fourth-order valence-corrected chi connectivity index (χ4v) is 4.46. The number of rotatable bonds is 7. The molecule has 0 radical (unpaired) electrons. The van der Waals surface area contributed by atoms with Crippen molar-refractivity contribution < 1.29 is 13.8 Å². The Labute approximate surface area is 198 Å². The average molecular weight is 462 g/mol. The molecule has 1 heterocycles. The Balaban J connectivity index is 1.54. The van der Waals surface area contributed by atoms with Crippen LogP contribution in [0.15, 0.2) is 84.9 Å². The van der Waals surface area contributed by atoms with Crippen LogP contribution in [0.5, 0.6) is 0 Å². The van der Waals surface area contributed by atoms with E-state index < -0.39 is 6.04 Å². The van der Waals surface area contributed by atoms with Gasteiger partial charge in [0.1, 0.15) is 6.04 Å². The minimum absolute atomic E-state index is 0.0866. The maximum absolute atomic E-state index is 13.4. The molecule has 7 heteroatoms. The smallest absolute Gasteiger partial charge is 0.251 e. The van der Waals surface area contributed by atoms with E-state index in [9.17, 15) is 9.59 Å². The molecular formula is C26H27N3O3S. The van der Waals surface area contributed by atoms with Crippen LogP contribution in [0.2, 0.25) is 0 Å². The van der Waals surface area contributed by atoms with Gasteiger partial charge in [0.25, 0.3) is 5.91 Å². The molecule has 0 saturated carbocycles. The molecule has 1 saturated heterocycles. The number of para-hydroxylation sites is 2. The van der Waals surface area contributed by atoms with Crippen molar-refractivity contribution in [3.05, 3.63) is 96.1 Å². The van der Waals surface area contributed by atoms with Crippen molar-refractivity contribution in [1.29, 1.82) is 0 Å². The summed E-state index contributed by atoms with van der Waals surface area (Å²) in [6.07, 6.45) is 0.473. The maximum atomic E-state index is 13.4. The van der Waals surface area contributed by atoms with Crippen LogP contribution in [0.1, 0.15) is 22.8 Å². The zero-order valence-corrected chi connectivity index (χ0v) is 19.3. The van der Waals surface area contributed by atoms with Gasteiger partial charge >= 0.3 is 0 Å². The number of hydrogen-bond donors (Lipinski definition) is 2. The van der Waals surface area contributed by atoms with Crippen LogP contribution >= 0.6 is 12.0 Å². The van der Waals surface area contributed by atoms with Gasteiger partial charge in [0.2, 0.25) is 5.91 Å². The molecule has 2 N–H and O–H groups in total. The van der Waals surface area contributed by atoms with Crippen LogP contribution in [0.3, 0.4) is 0 Å². The third-order valence-electron chi connectivity index (χ3n) is 5.36. The minimum Gasteiger partial charge on any atom is -0.356 e. The fraction of sp³-hybridized carbons (Fsp3) is 0.231. The summed E-state index contributed by atoms with van der Waals surface area (Å²) >= 11 is 1.40. The third-order valence-corrected chi connectivity index (χ3v) is 6.24. The standard InChI is InChI=1S/C26H27N3O3S/c1-19-17-29(18-33-32-19)24-15-9-8-14-22(24)27-26(31)23(16-20-10-4-2-5-11-20)28-25(30)21-12-6-3-7-13-21/h2-15,19,23H,16-18H2,1H3,(H,27,31)(H,28,30). The number of carbonyl (C=O) groups excluding carboxylic acids is 2. The number of anilines is 2. The van der Waals surface area contributed by atoms with Gasteiger partial charge in [-0.25, -0.2) is 0 Å². The molecule has 0 aromatic heterocycles. The molecule has 3 aromatic carbocycles. The molecule has 0 aliphatic carbocycles. The first-order valence-electron chi connectivity index (χ1n) is 10.9. The number of benzene rings is 3. The van der Waals surface area contributed by atoms with Crippen LogP contribution in [0, 0.1) is 0 Å². The van der Waals surface area contributed by atoms with Gasteiger partial charge in [0.05, 0.1) is 23.4 Å². The zero-order chi connectivity index (χ0) is 23.0. The largest absolute Gasteiger partial charge is 0.356 e. The Morgan fingerprint density at radius 3 is 2.39 bits per heavy atom. The molecule has 1 aliphatic heterocycles. The molecule has 3 aromatic rings. The van der Waals surface area contributed by atoms with Gasteiger partial charge in [0, 0.05) is 30.6 Å². The molecule has 0 bridgehead atoms. The summed E-state index contributed by atoms with van der Waals surface area (Å²) in [5.74, 6) is 0.137. The van der Waals surface area contributed by atoms with Crippen molar-refractivity contribution in [2.24, 2.45) is 0 Å². The van der Waals surface area contributed by atoms with Crippen LogP contribution < -0.4 is 15.5 Å². The molecule has 1 fully saturated rings. The van der Waals surface area contributed by atoms with E-state index in [1.165, 1.54) is 12.0 Å². The molecule has 4 rings (SSSR count). The summed E-state index contributed by atoms with van der Waals surface area (Å²) < 4.78 is 5.58. The molecule has 33 heavy (non-hydrogen) atoms. The molecule has 2 atom stereocenters. The highest BCUT2D eigenvalue weighted by Crippen LogP contribution is 2.30. The van der Waals surface area contributed by atoms with Gasteiger partial charge in [-0.1, -0.05) is 60.7 Å². The van der Waals surface area contributed by atoms with E-state index in [1.54, 1.807) is 24.3 Å². The second kappa shape index (κ2) is 11.0. The van der Waals surface area contributed by atoms with Crippen LogP contribution in [-0.2, 0) is 15.4 Å². The van der Waals surface area contributed by atoms with Crippen molar-refractivity contribution in [2.45, 2.75) is 25.5 Å². The van der Waals surface area contributed by atoms with Gasteiger partial charge in [0.15, 0.2) is 0 Å². The van der Waals surface area contributed by atoms with Crippen molar-refractivity contribution in [3.63, 3.8) is 0 Å². The van der Waals surface area contributed by atoms with E-state index in [1.807, 2.05) is 67.6 Å². The summed E-state index contributed by atoms with van der Waals surface area (Å²) in [7, 11) is 0. The van der Waals surface area contributed by atoms with Gasteiger partial charge in [-0.05, 0) is 36.8 Å². The van der Waals surface area contributed by atoms with E-state index in [2.05, 4.69) is 15.5 Å². The summed E-state index contributed by atoms with van der Waals surface area (Å²) in [4.78, 5) is 28.4. The number of nitrogens with one attached hydrogen (secondary N) is 2. The molecule has 2 amide bonds. The van der Waals surface area contributed by atoms with E-state index >= 15 is 0 Å². The lowest BCUT2D eigenvalue weighted by Crippen LogP contribution is -2.45. The lowest BCUT2D eigenvalue weighted by atomic mass is 10.0. The Morgan fingerprint density at radius 1 is 1.00 bits per heavy atom. The van der Waals surface area contributed by atoms with Crippen molar-refractivity contribution in [2.75, 3.05) is 22.6 Å². The van der Waals surface area contributed by atoms with E-state index in [0.29, 0.717) is 23.5 Å². The molecule has 2 unspecified atom stereocenters. The zero-order valence-electron chi connectivity index (χ0n) is 18.4. The lowest BCUT2D eigenvalue weighted by molar-refractivity contribution is -0.118. The Kier molecular flexibility index (Phi) is 7.65. The van der Waals surface area contributed by atoms with Gasteiger partial charge in [-0.15, -0.1) is 0 Å². The first-order chi connectivity index (χ1) is 16.1. The number of carbonyl (C=O) groups is 2. The number of nitrogens with zero attached hydrogens (tertiary/aromatic N) is 1. The Morgan fingerprint density at radius 2 is 1.67 bits per heavy atom. The van der Waals surface area contributed by atoms with Gasteiger partial charge in [-0.2, -0.15) is 0 Å². The Bertz CT molecular complexity index is 1080. The SMILES string of the molecule is CC1CN(c2ccccc2NC(=O)C(Cc2ccccc2)NC(=O)c2ccccc2)CSO1. The van der Waals surface area contributed by atoms with Crippen LogP contribution in [0.25, 0.3) is 0 Å². The summed E-state index contributed by atoms with van der Waals surface area (Å²) in [6, 6.07) is 25.6. The second-order valence-electron chi connectivity index (χ2n) is 7.96. The normalized spacial score (nSPS) is 16.6. The molecular weight excluding hydrogens is 434 g/mol. The second-order valence-corrected chi connectivity index (χ2v) is 8.65. The van der Waals surface area contributed by atoms with E-state index in [4.69, 9.17) is 4.18 Å². The van der Waals surface area contributed by atoms with Crippen molar-refractivity contribution in [3.8, 4) is 0 Å². The summed E-state index contributed by atoms with van der Waals surface area (Å²) in [6.45, 7) is 2.76. The predicted molar refractivity (Wildman–Crippen MR) is 133 cm³/mol. The quantitative estimate of drug-likeness (QED) is 0.507. The highest BCUT2D eigenvalue weighted by molar-refractivity contribution is 7.94. The first kappa shape index (κ1) is 22.9. The van der Waals surface area contributed by atoms with E-state index in [-0.39, 0.29) is 17.9 Å². The molecule has 170 valence electrons. The van der Waals surface area contributed by atoms with Crippen LogP contribution in [0.4, 0.5) is 11.4 Å². The summed E-state index contributed by atoms with van der Waals surface area (Å²) in [5.41, 5.74) is 3.13. The van der Waals surface area contributed by atoms with E-state index in [0.717, 1.165) is 17.8 Å². The topological polar surface area (TPSA) is 70.7 Å². The monoisotopic (exact) mass is 461 g/mol. The first-order valence-corrected chi connectivity index (χ1v) is 11.8. The van der Waals surface area contributed by atoms with Gasteiger partial charge < -0.3 is 19.7 Å². The van der Waals surface area contributed by atoms with Gasteiger partial charge in [-0.3, -0.25) is 9.59 Å². The predicted octanol–water partition coefficient (Wildman–Crippen LogP) is 4.50. The third kappa shape index (κ3) is 6.15. The Hall–Kier alpha value is -3.29. The molecule has 1 aliphatic rings. The number of hydrogen-bond acceptors (Lipinski definition) is 5. The highest BCUT2D eigenvalue weighted by atomic mass is 32.2. The fourth-order valence-electron chi connectivity index (χ4n) is 3.74.